The number of nitrogens with one attached hydrogen (secondary N) is 1. The summed E-state index contributed by atoms with van der Waals surface area (Å²) in [5.41, 5.74) is 0.312. The third-order valence-electron chi connectivity index (χ3n) is 4.43. The molecule has 1 saturated heterocycles. The van der Waals surface area contributed by atoms with Crippen LogP contribution in [0.1, 0.15) is 26.2 Å². The first-order chi connectivity index (χ1) is 12.8. The molecule has 0 aliphatic carbocycles. The Kier molecular flexibility index (Phi) is 8.50. The van der Waals surface area contributed by atoms with Crippen molar-refractivity contribution in [2.24, 2.45) is 0 Å². The van der Waals surface area contributed by atoms with Gasteiger partial charge in [-0.25, -0.2) is 8.42 Å². The van der Waals surface area contributed by atoms with Crippen molar-refractivity contribution in [2.75, 3.05) is 51.8 Å². The highest BCUT2D eigenvalue weighted by Gasteiger charge is 2.27. The molecule has 0 spiro atoms. The van der Waals surface area contributed by atoms with Gasteiger partial charge >= 0.3 is 0 Å². The summed E-state index contributed by atoms with van der Waals surface area (Å²) in [5, 5.41) is 3.04. The molecule has 0 saturated carbocycles. The molecule has 0 atom stereocenters. The smallest absolute Gasteiger partial charge is 0.243 e. The predicted octanol–water partition coefficient (Wildman–Crippen LogP) is 2.42. The Morgan fingerprint density at radius 1 is 1.30 bits per heavy atom. The van der Waals surface area contributed by atoms with Crippen molar-refractivity contribution in [3.63, 3.8) is 0 Å². The molecule has 1 fully saturated rings. The fourth-order valence-corrected chi connectivity index (χ4v) is 4.34. The number of anilines is 1. The van der Waals surface area contributed by atoms with Crippen LogP contribution in [0.4, 0.5) is 5.69 Å². The maximum absolute atomic E-state index is 12.8. The molecule has 1 aromatic carbocycles. The van der Waals surface area contributed by atoms with Gasteiger partial charge in [0.25, 0.3) is 0 Å². The Morgan fingerprint density at radius 2 is 2.00 bits per heavy atom. The van der Waals surface area contributed by atoms with Crippen molar-refractivity contribution >= 4 is 33.2 Å². The molecule has 9 heteroatoms. The van der Waals surface area contributed by atoms with E-state index in [-0.39, 0.29) is 10.8 Å². The van der Waals surface area contributed by atoms with Gasteiger partial charge in [-0.1, -0.05) is 24.9 Å². The molecule has 7 nitrogen and oxygen atoms in total. The van der Waals surface area contributed by atoms with E-state index in [1.807, 2.05) is 7.05 Å². The van der Waals surface area contributed by atoms with E-state index in [9.17, 15) is 13.2 Å². The van der Waals surface area contributed by atoms with Crippen LogP contribution < -0.4 is 5.32 Å². The number of hydrogen-bond donors (Lipinski definition) is 1. The van der Waals surface area contributed by atoms with Crippen LogP contribution in [0.3, 0.4) is 0 Å². The number of carbonyl (C=O) groups is 1. The lowest BCUT2D eigenvalue weighted by atomic mass is 10.3. The van der Waals surface area contributed by atoms with E-state index in [1.54, 1.807) is 0 Å². The van der Waals surface area contributed by atoms with E-state index in [1.165, 1.54) is 22.5 Å². The van der Waals surface area contributed by atoms with Gasteiger partial charge in [0.1, 0.15) is 0 Å². The van der Waals surface area contributed by atoms with Gasteiger partial charge in [-0.05, 0) is 38.2 Å². The Labute approximate surface area is 166 Å². The van der Waals surface area contributed by atoms with Crippen LogP contribution in [0.15, 0.2) is 23.1 Å². The largest absolute Gasteiger partial charge is 0.379 e. The molecule has 0 radical (unpaired) electrons. The molecule has 0 bridgehead atoms. The number of benzene rings is 1. The summed E-state index contributed by atoms with van der Waals surface area (Å²) in [5.74, 6) is -0.193. The van der Waals surface area contributed by atoms with Crippen molar-refractivity contribution in [3.8, 4) is 0 Å². The number of amides is 1. The standard InChI is InChI=1S/C18H28ClN3O4S/c1-3-4-8-21(2)9-7-18(23)20-17-14-15(5-6-16(17)19)27(24,25)22-10-12-26-13-11-22/h5-6,14H,3-4,7-13H2,1-2H3,(H,20,23). The molecule has 0 unspecified atom stereocenters. The molecular formula is C18H28ClN3O4S. The summed E-state index contributed by atoms with van der Waals surface area (Å²) < 4.78 is 32.1. The first kappa shape index (κ1) is 22.1. The highest BCUT2D eigenvalue weighted by atomic mass is 35.5. The van der Waals surface area contributed by atoms with Crippen molar-refractivity contribution in [1.29, 1.82) is 0 Å². The monoisotopic (exact) mass is 417 g/mol. The van der Waals surface area contributed by atoms with Crippen LogP contribution in [0, 0.1) is 0 Å². The number of halogens is 1. The summed E-state index contributed by atoms with van der Waals surface area (Å²) in [7, 11) is -1.66. The van der Waals surface area contributed by atoms with Crippen LogP contribution in [0.25, 0.3) is 0 Å². The van der Waals surface area contributed by atoms with Gasteiger partial charge in [0.2, 0.25) is 15.9 Å². The van der Waals surface area contributed by atoms with Gasteiger partial charge in [-0.15, -0.1) is 0 Å². The van der Waals surface area contributed by atoms with E-state index in [0.29, 0.717) is 50.0 Å². The van der Waals surface area contributed by atoms with Crippen LogP contribution in [0.5, 0.6) is 0 Å². The van der Waals surface area contributed by atoms with Gasteiger partial charge in [-0.3, -0.25) is 4.79 Å². The molecule has 1 N–H and O–H groups in total. The Morgan fingerprint density at radius 3 is 2.67 bits per heavy atom. The van der Waals surface area contributed by atoms with Crippen molar-refractivity contribution in [1.82, 2.24) is 9.21 Å². The van der Waals surface area contributed by atoms with Crippen LogP contribution in [0.2, 0.25) is 5.02 Å². The molecule has 1 amide bonds. The van der Waals surface area contributed by atoms with Crippen molar-refractivity contribution in [3.05, 3.63) is 23.2 Å². The SMILES string of the molecule is CCCCN(C)CCC(=O)Nc1cc(S(=O)(=O)N2CCOCC2)ccc1Cl. The molecule has 2 rings (SSSR count). The molecule has 1 aromatic rings. The normalized spacial score (nSPS) is 15.9. The number of unbranched alkanes of at least 4 members (excludes halogenated alkanes) is 1. The van der Waals surface area contributed by atoms with Gasteiger partial charge in [-0.2, -0.15) is 4.31 Å². The molecule has 1 aliphatic rings. The third kappa shape index (κ3) is 6.43. The number of sulfonamides is 1. The summed E-state index contributed by atoms with van der Waals surface area (Å²) in [6, 6.07) is 4.38. The summed E-state index contributed by atoms with van der Waals surface area (Å²) in [6.07, 6.45) is 2.51. The number of ether oxygens (including phenoxy) is 1. The zero-order valence-corrected chi connectivity index (χ0v) is 17.5. The molecule has 27 heavy (non-hydrogen) atoms. The predicted molar refractivity (Wildman–Crippen MR) is 107 cm³/mol. The number of rotatable bonds is 9. The maximum Gasteiger partial charge on any atom is 0.243 e. The van der Waals surface area contributed by atoms with E-state index in [0.717, 1.165) is 19.4 Å². The molecular weight excluding hydrogens is 390 g/mol. The second-order valence-corrected chi connectivity index (χ2v) is 8.96. The number of nitrogens with zero attached hydrogens (tertiary/aromatic N) is 2. The number of hydrogen-bond acceptors (Lipinski definition) is 5. The molecule has 1 heterocycles. The summed E-state index contributed by atoms with van der Waals surface area (Å²) in [4.78, 5) is 14.4. The second kappa shape index (κ2) is 10.4. The summed E-state index contributed by atoms with van der Waals surface area (Å²) >= 11 is 6.15. The van der Waals surface area contributed by atoms with Gasteiger partial charge < -0.3 is 15.0 Å². The Bertz CT molecular complexity index is 736. The quantitative estimate of drug-likeness (QED) is 0.667. The Hall–Kier alpha value is -1.19. The fraction of sp³-hybridized carbons (Fsp3) is 0.611. The number of morpholine rings is 1. The fourth-order valence-electron chi connectivity index (χ4n) is 2.74. The van der Waals surface area contributed by atoms with Crippen LogP contribution >= 0.6 is 11.6 Å². The molecule has 1 aliphatic heterocycles. The van der Waals surface area contributed by atoms with Crippen LogP contribution in [-0.4, -0.2) is 70.0 Å². The van der Waals surface area contributed by atoms with Gasteiger partial charge in [0.05, 0.1) is 28.8 Å². The maximum atomic E-state index is 12.8. The molecule has 152 valence electrons. The zero-order chi connectivity index (χ0) is 19.9. The van der Waals surface area contributed by atoms with Crippen molar-refractivity contribution < 1.29 is 17.9 Å². The second-order valence-electron chi connectivity index (χ2n) is 6.61. The molecule has 0 aromatic heterocycles. The van der Waals surface area contributed by atoms with E-state index in [2.05, 4.69) is 17.1 Å². The lowest BCUT2D eigenvalue weighted by molar-refractivity contribution is -0.116. The third-order valence-corrected chi connectivity index (χ3v) is 6.66. The van der Waals surface area contributed by atoms with E-state index < -0.39 is 10.0 Å². The van der Waals surface area contributed by atoms with Gasteiger partial charge in [0.15, 0.2) is 0 Å². The van der Waals surface area contributed by atoms with E-state index in [4.69, 9.17) is 16.3 Å². The van der Waals surface area contributed by atoms with Crippen LogP contribution in [-0.2, 0) is 19.6 Å². The summed E-state index contributed by atoms with van der Waals surface area (Å²) in [6.45, 7) is 5.09. The highest BCUT2D eigenvalue weighted by molar-refractivity contribution is 7.89. The van der Waals surface area contributed by atoms with Gasteiger partial charge in [0, 0.05) is 26.1 Å². The minimum atomic E-state index is -3.64. The minimum Gasteiger partial charge on any atom is -0.379 e. The topological polar surface area (TPSA) is 79.0 Å². The average molecular weight is 418 g/mol. The lowest BCUT2D eigenvalue weighted by Gasteiger charge is -2.26. The van der Waals surface area contributed by atoms with Crippen molar-refractivity contribution in [2.45, 2.75) is 31.1 Å². The highest BCUT2D eigenvalue weighted by Crippen LogP contribution is 2.27. The zero-order valence-electron chi connectivity index (χ0n) is 15.9. The first-order valence-electron chi connectivity index (χ1n) is 9.20. The number of carbonyl (C=O) groups excluding carboxylic acids is 1. The lowest BCUT2D eigenvalue weighted by Crippen LogP contribution is -2.40. The Balaban J connectivity index is 2.03. The first-order valence-corrected chi connectivity index (χ1v) is 11.0. The minimum absolute atomic E-state index is 0.115. The average Bonchev–Trinajstić information content (AvgIpc) is 2.67. The van der Waals surface area contributed by atoms with E-state index >= 15 is 0 Å².